The summed E-state index contributed by atoms with van der Waals surface area (Å²) in [6.45, 7) is 2.67. The Balaban J connectivity index is 2.95. The Morgan fingerprint density at radius 1 is 1.58 bits per heavy atom. The van der Waals surface area contributed by atoms with E-state index < -0.39 is 10.8 Å². The maximum atomic E-state index is 11.9. The van der Waals surface area contributed by atoms with Crippen LogP contribution in [0.15, 0.2) is 18.2 Å². The van der Waals surface area contributed by atoms with Crippen molar-refractivity contribution in [1.29, 1.82) is 0 Å². The molecule has 0 aromatic heterocycles. The van der Waals surface area contributed by atoms with E-state index in [0.717, 1.165) is 0 Å². The van der Waals surface area contributed by atoms with E-state index in [1.165, 1.54) is 25.3 Å². The SMILES string of the molecule is COc1ccc([N+](=O)[O-])c(C(=O)NCC(C)CN)c1. The number of hydrogen-bond donors (Lipinski definition) is 2. The molecule has 0 aliphatic heterocycles. The molecular weight excluding hydrogens is 250 g/mol. The van der Waals surface area contributed by atoms with Crippen LogP contribution in [0.3, 0.4) is 0 Å². The summed E-state index contributed by atoms with van der Waals surface area (Å²) in [5, 5.41) is 13.5. The topological polar surface area (TPSA) is 107 Å². The lowest BCUT2D eigenvalue weighted by Crippen LogP contribution is -2.31. The van der Waals surface area contributed by atoms with Crippen molar-refractivity contribution in [3.63, 3.8) is 0 Å². The number of nitro groups is 1. The fourth-order valence-electron chi connectivity index (χ4n) is 1.43. The zero-order chi connectivity index (χ0) is 14.4. The highest BCUT2D eigenvalue weighted by Crippen LogP contribution is 2.23. The number of ether oxygens (including phenoxy) is 1. The first-order valence-electron chi connectivity index (χ1n) is 5.80. The molecule has 0 bridgehead atoms. The molecule has 3 N–H and O–H groups in total. The summed E-state index contributed by atoms with van der Waals surface area (Å²) in [5.74, 6) is -0.0119. The van der Waals surface area contributed by atoms with Crippen molar-refractivity contribution >= 4 is 11.6 Å². The largest absolute Gasteiger partial charge is 0.497 e. The third-order valence-corrected chi connectivity index (χ3v) is 2.66. The van der Waals surface area contributed by atoms with Crippen molar-refractivity contribution in [2.24, 2.45) is 11.7 Å². The molecule has 7 nitrogen and oxygen atoms in total. The number of nitrogens with one attached hydrogen (secondary N) is 1. The minimum absolute atomic E-state index is 0.0198. The highest BCUT2D eigenvalue weighted by atomic mass is 16.6. The number of nitrogens with zero attached hydrogens (tertiary/aromatic N) is 1. The second-order valence-corrected chi connectivity index (χ2v) is 4.19. The van der Waals surface area contributed by atoms with Gasteiger partial charge in [0.05, 0.1) is 12.0 Å². The first-order chi connectivity index (χ1) is 8.99. The molecule has 0 aliphatic carbocycles. The van der Waals surface area contributed by atoms with Gasteiger partial charge in [0, 0.05) is 12.6 Å². The van der Waals surface area contributed by atoms with Crippen molar-refractivity contribution in [1.82, 2.24) is 5.32 Å². The lowest BCUT2D eigenvalue weighted by molar-refractivity contribution is -0.385. The Labute approximate surface area is 110 Å². The minimum Gasteiger partial charge on any atom is -0.497 e. The predicted molar refractivity (Wildman–Crippen MR) is 70.2 cm³/mol. The Morgan fingerprint density at radius 2 is 2.26 bits per heavy atom. The second kappa shape index (κ2) is 6.69. The van der Waals surface area contributed by atoms with Crippen LogP contribution in [0.5, 0.6) is 5.75 Å². The van der Waals surface area contributed by atoms with Crippen LogP contribution in [0.4, 0.5) is 5.69 Å². The summed E-state index contributed by atoms with van der Waals surface area (Å²) in [5.41, 5.74) is 5.17. The van der Waals surface area contributed by atoms with Crippen molar-refractivity contribution < 1.29 is 14.5 Å². The van der Waals surface area contributed by atoms with Gasteiger partial charge < -0.3 is 15.8 Å². The molecule has 7 heteroatoms. The van der Waals surface area contributed by atoms with Gasteiger partial charge in [0.2, 0.25) is 0 Å². The molecule has 0 aliphatic rings. The molecule has 1 aromatic rings. The fourth-order valence-corrected chi connectivity index (χ4v) is 1.43. The molecule has 1 amide bonds. The van der Waals surface area contributed by atoms with Gasteiger partial charge in [-0.2, -0.15) is 0 Å². The predicted octanol–water partition coefficient (Wildman–Crippen LogP) is 0.928. The van der Waals surface area contributed by atoms with E-state index in [2.05, 4.69) is 5.32 Å². The van der Waals surface area contributed by atoms with Gasteiger partial charge >= 0.3 is 0 Å². The van der Waals surface area contributed by atoms with Crippen molar-refractivity contribution in [3.05, 3.63) is 33.9 Å². The van der Waals surface area contributed by atoms with Gasteiger partial charge in [-0.25, -0.2) is 0 Å². The van der Waals surface area contributed by atoms with Crippen LogP contribution in [0.25, 0.3) is 0 Å². The zero-order valence-corrected chi connectivity index (χ0v) is 10.9. The second-order valence-electron chi connectivity index (χ2n) is 4.19. The number of nitrogens with two attached hydrogens (primary N) is 1. The highest BCUT2D eigenvalue weighted by molar-refractivity contribution is 5.98. The van der Waals surface area contributed by atoms with E-state index in [1.807, 2.05) is 6.92 Å². The Kier molecular flexibility index (Phi) is 5.25. The van der Waals surface area contributed by atoms with E-state index in [1.54, 1.807) is 0 Å². The molecule has 1 aromatic carbocycles. The van der Waals surface area contributed by atoms with Crippen LogP contribution in [-0.2, 0) is 0 Å². The molecule has 19 heavy (non-hydrogen) atoms. The number of carbonyl (C=O) groups is 1. The molecule has 1 atom stereocenters. The molecule has 0 saturated carbocycles. The molecule has 0 heterocycles. The first kappa shape index (κ1) is 14.9. The maximum Gasteiger partial charge on any atom is 0.282 e. The summed E-state index contributed by atoms with van der Waals surface area (Å²) in [6.07, 6.45) is 0. The molecular formula is C12H17N3O4. The number of rotatable bonds is 6. The van der Waals surface area contributed by atoms with Gasteiger partial charge in [0.25, 0.3) is 11.6 Å². The summed E-state index contributed by atoms with van der Waals surface area (Å²) in [7, 11) is 1.43. The molecule has 0 radical (unpaired) electrons. The van der Waals surface area contributed by atoms with Gasteiger partial charge in [0.15, 0.2) is 0 Å². The Bertz CT molecular complexity index is 476. The van der Waals surface area contributed by atoms with E-state index in [-0.39, 0.29) is 17.2 Å². The van der Waals surface area contributed by atoms with Gasteiger partial charge in [-0.3, -0.25) is 14.9 Å². The number of benzene rings is 1. The molecule has 1 rings (SSSR count). The van der Waals surface area contributed by atoms with Gasteiger partial charge in [-0.15, -0.1) is 0 Å². The standard InChI is InChI=1S/C12H17N3O4/c1-8(6-13)7-14-12(16)10-5-9(19-2)3-4-11(10)15(17)18/h3-5,8H,6-7,13H2,1-2H3,(H,14,16). The van der Waals surface area contributed by atoms with Gasteiger partial charge in [0.1, 0.15) is 11.3 Å². The maximum absolute atomic E-state index is 11.9. The number of methoxy groups -OCH3 is 1. The Hall–Kier alpha value is -2.15. The van der Waals surface area contributed by atoms with Crippen LogP contribution in [0.1, 0.15) is 17.3 Å². The van der Waals surface area contributed by atoms with Crippen molar-refractivity contribution in [3.8, 4) is 5.75 Å². The molecule has 0 spiro atoms. The van der Waals surface area contributed by atoms with Gasteiger partial charge in [-0.1, -0.05) is 6.92 Å². The smallest absolute Gasteiger partial charge is 0.282 e. The first-order valence-corrected chi connectivity index (χ1v) is 5.80. The van der Waals surface area contributed by atoms with Crippen LogP contribution >= 0.6 is 0 Å². The number of carbonyl (C=O) groups excluding carboxylic acids is 1. The Morgan fingerprint density at radius 3 is 2.79 bits per heavy atom. The molecule has 104 valence electrons. The summed E-state index contributed by atoms with van der Waals surface area (Å²) in [6, 6.07) is 4.04. The van der Waals surface area contributed by atoms with Gasteiger partial charge in [-0.05, 0) is 24.6 Å². The zero-order valence-electron chi connectivity index (χ0n) is 10.9. The number of hydrogen-bond acceptors (Lipinski definition) is 5. The van der Waals surface area contributed by atoms with Crippen molar-refractivity contribution in [2.75, 3.05) is 20.2 Å². The van der Waals surface area contributed by atoms with E-state index in [9.17, 15) is 14.9 Å². The lowest BCUT2D eigenvalue weighted by atomic mass is 10.1. The average molecular weight is 267 g/mol. The van der Waals surface area contributed by atoms with Crippen LogP contribution in [-0.4, -0.2) is 31.0 Å². The van der Waals surface area contributed by atoms with Crippen LogP contribution < -0.4 is 15.8 Å². The quantitative estimate of drug-likeness (QED) is 0.588. The monoisotopic (exact) mass is 267 g/mol. The normalized spacial score (nSPS) is 11.7. The third-order valence-electron chi connectivity index (χ3n) is 2.66. The highest BCUT2D eigenvalue weighted by Gasteiger charge is 2.21. The van der Waals surface area contributed by atoms with E-state index in [4.69, 9.17) is 10.5 Å². The fraction of sp³-hybridized carbons (Fsp3) is 0.417. The van der Waals surface area contributed by atoms with Crippen LogP contribution in [0.2, 0.25) is 0 Å². The number of nitro benzene ring substituents is 1. The van der Waals surface area contributed by atoms with Crippen molar-refractivity contribution in [2.45, 2.75) is 6.92 Å². The molecule has 0 fully saturated rings. The third kappa shape index (κ3) is 3.92. The summed E-state index contributed by atoms with van der Waals surface area (Å²) < 4.78 is 4.96. The number of amides is 1. The van der Waals surface area contributed by atoms with E-state index in [0.29, 0.717) is 18.8 Å². The average Bonchev–Trinajstić information content (AvgIpc) is 2.43. The van der Waals surface area contributed by atoms with E-state index >= 15 is 0 Å². The molecule has 0 saturated heterocycles. The summed E-state index contributed by atoms with van der Waals surface area (Å²) in [4.78, 5) is 22.2. The summed E-state index contributed by atoms with van der Waals surface area (Å²) >= 11 is 0. The van der Waals surface area contributed by atoms with Crippen LogP contribution in [0, 0.1) is 16.0 Å². The lowest BCUT2D eigenvalue weighted by Gasteiger charge is -2.10. The molecule has 1 unspecified atom stereocenters. The minimum atomic E-state index is -0.597.